The zero-order valence-electron chi connectivity index (χ0n) is 20.7. The van der Waals surface area contributed by atoms with Gasteiger partial charge in [-0.25, -0.2) is 4.99 Å². The first-order chi connectivity index (χ1) is 17.2. The average Bonchev–Trinajstić information content (AvgIpc) is 2.87. The molecule has 3 aliphatic rings. The second kappa shape index (κ2) is 10.9. The molecule has 3 heterocycles. The third-order valence-electron chi connectivity index (χ3n) is 7.62. The molecule has 2 unspecified atom stereocenters. The molecule has 8 nitrogen and oxygen atoms in total. The Bertz CT molecular complexity index is 1140. The Labute approximate surface area is 220 Å². The molecule has 3 aliphatic heterocycles. The first kappa shape index (κ1) is 26.6. The molecule has 2 atom stereocenters. The predicted octanol–water partition coefficient (Wildman–Crippen LogP) is 3.47. The zero-order chi connectivity index (χ0) is 26.1. The zero-order valence-corrected chi connectivity index (χ0v) is 22.2. The van der Waals surface area contributed by atoms with Crippen LogP contribution in [0.15, 0.2) is 22.9 Å². The fourth-order valence-corrected chi connectivity index (χ4v) is 6.20. The van der Waals surface area contributed by atoms with E-state index < -0.39 is 12.5 Å². The summed E-state index contributed by atoms with van der Waals surface area (Å²) in [5.41, 5.74) is 2.52. The fraction of sp³-hybridized carbons (Fsp3) is 0.538. The van der Waals surface area contributed by atoms with Gasteiger partial charge in [-0.2, -0.15) is 0 Å². The third kappa shape index (κ3) is 5.04. The van der Waals surface area contributed by atoms with E-state index in [0.717, 1.165) is 24.0 Å². The molecule has 0 aromatic heterocycles. The molecule has 1 N–H and O–H groups in total. The second-order valence-corrected chi connectivity index (χ2v) is 10.5. The molecule has 1 aromatic rings. The van der Waals surface area contributed by atoms with Crippen LogP contribution in [0.5, 0.6) is 0 Å². The topological polar surface area (TPSA) is 99.5 Å². The summed E-state index contributed by atoms with van der Waals surface area (Å²) in [7, 11) is 1.51. The molecule has 0 bridgehead atoms. The number of piperidine rings is 1. The molecule has 10 heteroatoms. The minimum atomic E-state index is -0.660. The van der Waals surface area contributed by atoms with Gasteiger partial charge in [-0.3, -0.25) is 14.4 Å². The number of hydrogen-bond acceptors (Lipinski definition) is 5. The van der Waals surface area contributed by atoms with Gasteiger partial charge in [0.05, 0.1) is 17.7 Å². The van der Waals surface area contributed by atoms with Crippen LogP contribution in [0.25, 0.3) is 0 Å². The molecular formula is C26H31Cl2N3O5. The SMILES string of the molecule is COC1=CC(C)=NC(=O)C1CN1CCc2c(Cl)cc(C(C)C3CCN(C(=O)CO)CC3)c(Cl)c2C1=O. The number of carbonyl (C=O) groups excluding carboxylic acids is 3. The number of aliphatic hydroxyl groups excluding tert-OH is 1. The first-order valence-corrected chi connectivity index (χ1v) is 12.9. The normalized spacial score (nSPS) is 21.7. The summed E-state index contributed by atoms with van der Waals surface area (Å²) in [6, 6.07) is 1.87. The molecule has 0 radical (unpaired) electrons. The summed E-state index contributed by atoms with van der Waals surface area (Å²) in [5.74, 6) is -0.737. The minimum Gasteiger partial charge on any atom is -0.500 e. The Morgan fingerprint density at radius 1 is 1.25 bits per heavy atom. The second-order valence-electron chi connectivity index (χ2n) is 9.68. The van der Waals surface area contributed by atoms with E-state index in [2.05, 4.69) is 11.9 Å². The largest absolute Gasteiger partial charge is 0.500 e. The first-order valence-electron chi connectivity index (χ1n) is 12.2. The van der Waals surface area contributed by atoms with Crippen molar-refractivity contribution in [3.63, 3.8) is 0 Å². The maximum atomic E-state index is 13.6. The Morgan fingerprint density at radius 2 is 1.94 bits per heavy atom. The number of aliphatic hydroxyl groups is 1. The number of carbonyl (C=O) groups is 3. The Kier molecular flexibility index (Phi) is 8.07. The quantitative estimate of drug-likeness (QED) is 0.601. The molecule has 1 fully saturated rings. The standard InChI is InChI=1S/C26H31Cl2N3O5/c1-14-10-21(36-3)19(25(34)29-14)12-31-9-6-17-20(27)11-18(24(28)23(17)26(31)35)15(2)16-4-7-30(8-5-16)22(33)13-32/h10-11,15-16,19,32H,4-9,12-13H2,1-3H3. The van der Waals surface area contributed by atoms with Gasteiger partial charge in [0.25, 0.3) is 11.8 Å². The van der Waals surface area contributed by atoms with E-state index in [1.165, 1.54) is 7.11 Å². The number of ether oxygens (including phenoxy) is 1. The molecule has 4 rings (SSSR count). The molecule has 36 heavy (non-hydrogen) atoms. The Hall–Kier alpha value is -2.42. The molecule has 0 aliphatic carbocycles. The number of fused-ring (bicyclic) bond motifs is 1. The van der Waals surface area contributed by atoms with E-state index in [9.17, 15) is 14.4 Å². The smallest absolute Gasteiger partial charge is 0.258 e. The number of amides is 3. The highest BCUT2D eigenvalue weighted by Gasteiger charge is 2.37. The lowest BCUT2D eigenvalue weighted by molar-refractivity contribution is -0.135. The van der Waals surface area contributed by atoms with Crippen LogP contribution in [0.3, 0.4) is 0 Å². The van der Waals surface area contributed by atoms with Crippen molar-refractivity contribution in [2.45, 2.75) is 39.0 Å². The Balaban J connectivity index is 1.56. The molecular weight excluding hydrogens is 505 g/mol. The molecule has 0 saturated carbocycles. The predicted molar refractivity (Wildman–Crippen MR) is 138 cm³/mol. The molecule has 0 spiro atoms. The van der Waals surface area contributed by atoms with Crippen molar-refractivity contribution in [3.05, 3.63) is 44.6 Å². The highest BCUT2D eigenvalue weighted by molar-refractivity contribution is 6.37. The van der Waals surface area contributed by atoms with Crippen LogP contribution in [0, 0.1) is 11.8 Å². The van der Waals surface area contributed by atoms with Crippen LogP contribution in [-0.4, -0.2) is 78.2 Å². The van der Waals surface area contributed by atoms with Crippen LogP contribution in [0.1, 0.15) is 54.1 Å². The van der Waals surface area contributed by atoms with Gasteiger partial charge in [-0.1, -0.05) is 30.1 Å². The number of likely N-dealkylation sites (tertiary alicyclic amines) is 1. The van der Waals surface area contributed by atoms with E-state index in [4.69, 9.17) is 33.0 Å². The number of allylic oxidation sites excluding steroid dienone is 1. The van der Waals surface area contributed by atoms with Gasteiger partial charge >= 0.3 is 0 Å². The van der Waals surface area contributed by atoms with Gasteiger partial charge in [0.2, 0.25) is 5.91 Å². The van der Waals surface area contributed by atoms with Gasteiger partial charge in [-0.05, 0) is 61.3 Å². The molecule has 1 saturated heterocycles. The van der Waals surface area contributed by atoms with Crippen LogP contribution in [0.2, 0.25) is 10.0 Å². The van der Waals surface area contributed by atoms with Crippen molar-refractivity contribution in [2.75, 3.05) is 39.9 Å². The van der Waals surface area contributed by atoms with Gasteiger partial charge in [0.15, 0.2) is 0 Å². The van der Waals surface area contributed by atoms with E-state index >= 15 is 0 Å². The third-order valence-corrected chi connectivity index (χ3v) is 8.37. The maximum Gasteiger partial charge on any atom is 0.258 e. The summed E-state index contributed by atoms with van der Waals surface area (Å²) in [4.78, 5) is 45.4. The van der Waals surface area contributed by atoms with Crippen molar-refractivity contribution in [2.24, 2.45) is 16.8 Å². The van der Waals surface area contributed by atoms with Crippen molar-refractivity contribution >= 4 is 46.6 Å². The number of nitrogens with zero attached hydrogens (tertiary/aromatic N) is 3. The van der Waals surface area contributed by atoms with Crippen molar-refractivity contribution < 1.29 is 24.2 Å². The van der Waals surface area contributed by atoms with E-state index in [-0.39, 0.29) is 36.1 Å². The Morgan fingerprint density at radius 3 is 2.58 bits per heavy atom. The summed E-state index contributed by atoms with van der Waals surface area (Å²) in [6.45, 7) is 5.03. The summed E-state index contributed by atoms with van der Waals surface area (Å²) >= 11 is 13.6. The fourth-order valence-electron chi connectivity index (χ4n) is 5.47. The van der Waals surface area contributed by atoms with Crippen molar-refractivity contribution in [1.29, 1.82) is 0 Å². The number of benzene rings is 1. The van der Waals surface area contributed by atoms with Crippen molar-refractivity contribution in [1.82, 2.24) is 9.80 Å². The summed E-state index contributed by atoms with van der Waals surface area (Å²) in [6.07, 6.45) is 3.80. The maximum absolute atomic E-state index is 13.6. The van der Waals surface area contributed by atoms with Gasteiger partial charge in [-0.15, -0.1) is 0 Å². The van der Waals surface area contributed by atoms with E-state index in [1.807, 2.05) is 6.07 Å². The van der Waals surface area contributed by atoms with Crippen LogP contribution >= 0.6 is 23.2 Å². The van der Waals surface area contributed by atoms with Crippen LogP contribution < -0.4 is 0 Å². The van der Waals surface area contributed by atoms with Crippen molar-refractivity contribution in [3.8, 4) is 0 Å². The number of methoxy groups -OCH3 is 1. The highest BCUT2D eigenvalue weighted by atomic mass is 35.5. The lowest BCUT2D eigenvalue weighted by Gasteiger charge is -2.36. The monoisotopic (exact) mass is 535 g/mol. The van der Waals surface area contributed by atoms with Crippen LogP contribution in [-0.2, 0) is 20.7 Å². The lowest BCUT2D eigenvalue weighted by Crippen LogP contribution is -2.43. The van der Waals surface area contributed by atoms with E-state index in [1.54, 1.807) is 22.8 Å². The number of halogens is 2. The van der Waals surface area contributed by atoms with Gasteiger partial charge in [0.1, 0.15) is 18.3 Å². The van der Waals surface area contributed by atoms with Gasteiger partial charge in [0, 0.05) is 36.9 Å². The summed E-state index contributed by atoms with van der Waals surface area (Å²) < 4.78 is 5.42. The molecule has 3 amide bonds. The van der Waals surface area contributed by atoms with Gasteiger partial charge < -0.3 is 19.6 Å². The number of hydrogen-bond donors (Lipinski definition) is 1. The molecule has 1 aromatic carbocycles. The number of dihydropyridines is 1. The number of rotatable bonds is 6. The van der Waals surface area contributed by atoms with E-state index in [0.29, 0.717) is 53.1 Å². The van der Waals surface area contributed by atoms with Crippen LogP contribution in [0.4, 0.5) is 0 Å². The minimum absolute atomic E-state index is 0.0233. The molecule has 194 valence electrons. The summed E-state index contributed by atoms with van der Waals surface area (Å²) in [5, 5.41) is 10.0. The highest BCUT2D eigenvalue weighted by Crippen LogP contribution is 2.42. The average molecular weight is 536 g/mol. The lowest BCUT2D eigenvalue weighted by atomic mass is 9.80. The number of aliphatic imine (C=N–C) groups is 1.